The van der Waals surface area contributed by atoms with Gasteiger partial charge in [-0.05, 0) is 56.0 Å². The smallest absolute Gasteiger partial charge is 0.253 e. The molecule has 0 radical (unpaired) electrons. The van der Waals surface area contributed by atoms with Gasteiger partial charge in [0.15, 0.2) is 0 Å². The van der Waals surface area contributed by atoms with Crippen LogP contribution in [0.2, 0.25) is 0 Å². The second kappa shape index (κ2) is 7.77. The highest BCUT2D eigenvalue weighted by Crippen LogP contribution is 2.30. The number of hydrogen-bond acceptors (Lipinski definition) is 5. The molecule has 1 saturated heterocycles. The summed E-state index contributed by atoms with van der Waals surface area (Å²) in [5, 5.41) is 2.87. The van der Waals surface area contributed by atoms with Crippen LogP contribution in [0.3, 0.4) is 0 Å². The van der Waals surface area contributed by atoms with Crippen LogP contribution in [-0.4, -0.2) is 37.8 Å². The van der Waals surface area contributed by atoms with Gasteiger partial charge in [-0.15, -0.1) is 11.3 Å². The number of benzene rings is 1. The number of rotatable bonds is 6. The lowest BCUT2D eigenvalue weighted by Gasteiger charge is -2.22. The molecule has 3 rings (SSSR count). The number of thiophene rings is 1. The van der Waals surface area contributed by atoms with Crippen LogP contribution in [0.5, 0.6) is 0 Å². The summed E-state index contributed by atoms with van der Waals surface area (Å²) in [5.74, 6) is -0.227. The van der Waals surface area contributed by atoms with Gasteiger partial charge in [-0.25, -0.2) is 8.42 Å². The minimum absolute atomic E-state index is 0.227. The SMILES string of the molecule is Cc1ccc(S(=O)(=O)N2CCCC2C(=O)NCCc2ccc(N)cc2)s1. The first-order chi connectivity index (χ1) is 12.4. The number of amides is 1. The van der Waals surface area contributed by atoms with Gasteiger partial charge in [0.2, 0.25) is 5.91 Å². The molecule has 2 heterocycles. The Kier molecular flexibility index (Phi) is 5.64. The molecule has 8 heteroatoms. The van der Waals surface area contributed by atoms with Crippen molar-refractivity contribution < 1.29 is 13.2 Å². The molecule has 140 valence electrons. The molecule has 6 nitrogen and oxygen atoms in total. The summed E-state index contributed by atoms with van der Waals surface area (Å²) in [6.07, 6.45) is 1.92. The first-order valence-corrected chi connectivity index (χ1v) is 10.8. The van der Waals surface area contributed by atoms with Crippen molar-refractivity contribution in [1.29, 1.82) is 0 Å². The molecule has 1 unspecified atom stereocenters. The fraction of sp³-hybridized carbons (Fsp3) is 0.389. The maximum atomic E-state index is 12.8. The molecule has 1 aliphatic rings. The molecule has 1 atom stereocenters. The Balaban J connectivity index is 1.62. The molecule has 0 bridgehead atoms. The van der Waals surface area contributed by atoms with Crippen molar-refractivity contribution >= 4 is 33.0 Å². The molecule has 0 spiro atoms. The van der Waals surface area contributed by atoms with Crippen LogP contribution in [-0.2, 0) is 21.2 Å². The van der Waals surface area contributed by atoms with Crippen LogP contribution >= 0.6 is 11.3 Å². The molecule has 1 aromatic heterocycles. The van der Waals surface area contributed by atoms with E-state index in [1.807, 2.05) is 31.2 Å². The minimum Gasteiger partial charge on any atom is -0.399 e. The van der Waals surface area contributed by atoms with Gasteiger partial charge >= 0.3 is 0 Å². The Morgan fingerprint density at radius 2 is 2.00 bits per heavy atom. The van der Waals surface area contributed by atoms with Crippen molar-refractivity contribution in [1.82, 2.24) is 9.62 Å². The van der Waals surface area contributed by atoms with E-state index in [1.54, 1.807) is 12.1 Å². The van der Waals surface area contributed by atoms with Gasteiger partial charge in [-0.2, -0.15) is 4.31 Å². The number of anilines is 1. The number of nitrogens with one attached hydrogen (secondary N) is 1. The van der Waals surface area contributed by atoms with Crippen molar-refractivity contribution in [3.8, 4) is 0 Å². The standard InChI is InChI=1S/C18H23N3O3S2/c1-13-4-9-17(25-13)26(23,24)21-12-2-3-16(21)18(22)20-11-10-14-5-7-15(19)8-6-14/h4-9,16H,2-3,10-12,19H2,1H3,(H,20,22). The third-order valence-corrected chi connectivity index (χ3v) is 7.85. The van der Waals surface area contributed by atoms with Crippen molar-refractivity contribution in [2.45, 2.75) is 36.4 Å². The highest BCUT2D eigenvalue weighted by molar-refractivity contribution is 7.91. The molecule has 1 amide bonds. The zero-order valence-electron chi connectivity index (χ0n) is 14.6. The van der Waals surface area contributed by atoms with Crippen molar-refractivity contribution in [3.05, 3.63) is 46.8 Å². The summed E-state index contributed by atoms with van der Waals surface area (Å²) in [7, 11) is -3.62. The summed E-state index contributed by atoms with van der Waals surface area (Å²) in [6, 6.07) is 10.3. The molecule has 1 aliphatic heterocycles. The Morgan fingerprint density at radius 3 is 2.65 bits per heavy atom. The fourth-order valence-electron chi connectivity index (χ4n) is 3.09. The Hall–Kier alpha value is -1.90. The van der Waals surface area contributed by atoms with E-state index in [1.165, 1.54) is 15.6 Å². The van der Waals surface area contributed by atoms with Crippen LogP contribution in [0.15, 0.2) is 40.6 Å². The number of sulfonamides is 1. The van der Waals surface area contributed by atoms with E-state index in [9.17, 15) is 13.2 Å². The van der Waals surface area contributed by atoms with Gasteiger partial charge in [0, 0.05) is 23.7 Å². The average molecular weight is 394 g/mol. The minimum atomic E-state index is -3.62. The molecule has 1 aromatic carbocycles. The lowest BCUT2D eigenvalue weighted by molar-refractivity contribution is -0.124. The summed E-state index contributed by atoms with van der Waals surface area (Å²) >= 11 is 1.24. The van der Waals surface area contributed by atoms with Crippen LogP contribution in [0, 0.1) is 6.92 Å². The van der Waals surface area contributed by atoms with E-state index in [0.717, 1.165) is 10.4 Å². The lowest BCUT2D eigenvalue weighted by atomic mass is 10.1. The molecule has 2 aromatic rings. The molecular formula is C18H23N3O3S2. The van der Waals surface area contributed by atoms with Crippen molar-refractivity contribution in [2.75, 3.05) is 18.8 Å². The summed E-state index contributed by atoms with van der Waals surface area (Å²) in [4.78, 5) is 13.5. The third-order valence-electron chi connectivity index (χ3n) is 4.48. The normalized spacial score (nSPS) is 18.1. The largest absolute Gasteiger partial charge is 0.399 e. The Bertz CT molecular complexity index is 875. The number of carbonyl (C=O) groups is 1. The highest BCUT2D eigenvalue weighted by Gasteiger charge is 2.39. The number of hydrogen-bond donors (Lipinski definition) is 2. The third kappa shape index (κ3) is 4.08. The van der Waals surface area contributed by atoms with Crippen LogP contribution in [0.1, 0.15) is 23.3 Å². The number of nitrogens with two attached hydrogens (primary N) is 1. The van der Waals surface area contributed by atoms with Gasteiger partial charge in [-0.1, -0.05) is 12.1 Å². The highest BCUT2D eigenvalue weighted by atomic mass is 32.2. The monoisotopic (exact) mass is 393 g/mol. The summed E-state index contributed by atoms with van der Waals surface area (Å²) < 4.78 is 27.3. The predicted molar refractivity (Wildman–Crippen MR) is 104 cm³/mol. The summed E-state index contributed by atoms with van der Waals surface area (Å²) in [5.41, 5.74) is 7.44. The zero-order valence-corrected chi connectivity index (χ0v) is 16.3. The molecular weight excluding hydrogens is 370 g/mol. The van der Waals surface area contributed by atoms with Gasteiger partial charge in [0.05, 0.1) is 0 Å². The quantitative estimate of drug-likeness (QED) is 0.736. The van der Waals surface area contributed by atoms with Crippen LogP contribution in [0.25, 0.3) is 0 Å². The lowest BCUT2D eigenvalue weighted by Crippen LogP contribution is -2.46. The Labute approximate surface area is 158 Å². The first kappa shape index (κ1) is 18.9. The zero-order chi connectivity index (χ0) is 18.7. The topological polar surface area (TPSA) is 92.5 Å². The van der Waals surface area contributed by atoms with Crippen LogP contribution < -0.4 is 11.1 Å². The van der Waals surface area contributed by atoms with E-state index < -0.39 is 16.1 Å². The molecule has 3 N–H and O–H groups in total. The maximum Gasteiger partial charge on any atom is 0.253 e. The average Bonchev–Trinajstić information content (AvgIpc) is 3.26. The van der Waals surface area contributed by atoms with Gasteiger partial charge in [0.25, 0.3) is 10.0 Å². The Morgan fingerprint density at radius 1 is 1.27 bits per heavy atom. The van der Waals surface area contributed by atoms with Crippen molar-refractivity contribution in [2.24, 2.45) is 0 Å². The second-order valence-corrected chi connectivity index (χ2v) is 9.83. The maximum absolute atomic E-state index is 12.8. The van der Waals surface area contributed by atoms with E-state index in [0.29, 0.717) is 42.2 Å². The number of carbonyl (C=O) groups excluding carboxylic acids is 1. The molecule has 0 saturated carbocycles. The summed E-state index contributed by atoms with van der Waals surface area (Å²) in [6.45, 7) is 2.72. The second-order valence-electron chi connectivity index (χ2n) is 6.42. The van der Waals surface area contributed by atoms with Crippen molar-refractivity contribution in [3.63, 3.8) is 0 Å². The molecule has 26 heavy (non-hydrogen) atoms. The van der Waals surface area contributed by atoms with E-state index >= 15 is 0 Å². The molecule has 0 aliphatic carbocycles. The number of nitrogen functional groups attached to an aromatic ring is 1. The van der Waals surface area contributed by atoms with Gasteiger partial charge in [0.1, 0.15) is 10.3 Å². The number of nitrogens with zero attached hydrogens (tertiary/aromatic N) is 1. The first-order valence-electron chi connectivity index (χ1n) is 8.58. The van der Waals surface area contributed by atoms with Crippen LogP contribution in [0.4, 0.5) is 5.69 Å². The van der Waals surface area contributed by atoms with E-state index in [4.69, 9.17) is 5.73 Å². The predicted octanol–water partition coefficient (Wildman–Crippen LogP) is 2.15. The molecule has 1 fully saturated rings. The number of aryl methyl sites for hydroxylation is 1. The fourth-order valence-corrected chi connectivity index (χ4v) is 6.16. The van der Waals surface area contributed by atoms with Gasteiger partial charge in [-0.3, -0.25) is 4.79 Å². The van der Waals surface area contributed by atoms with E-state index in [2.05, 4.69) is 5.32 Å². The van der Waals surface area contributed by atoms with Gasteiger partial charge < -0.3 is 11.1 Å². The van der Waals surface area contributed by atoms with E-state index in [-0.39, 0.29) is 5.91 Å².